The van der Waals surface area contributed by atoms with Crippen LogP contribution in [0, 0.1) is 0 Å². The lowest BCUT2D eigenvalue weighted by Gasteiger charge is -2.24. The van der Waals surface area contributed by atoms with Crippen LogP contribution in [0.25, 0.3) is 0 Å². The Hall–Kier alpha value is -2.90. The number of carbonyl (C=O) groups is 2. The van der Waals surface area contributed by atoms with Gasteiger partial charge in [-0.25, -0.2) is 4.79 Å². The van der Waals surface area contributed by atoms with Crippen molar-refractivity contribution in [1.29, 1.82) is 0 Å². The van der Waals surface area contributed by atoms with Crippen molar-refractivity contribution in [3.8, 4) is 0 Å². The Bertz CT molecular complexity index is 1330. The highest BCUT2D eigenvalue weighted by molar-refractivity contribution is 6.42. The first-order valence-electron chi connectivity index (χ1n) is 11.9. The third-order valence-corrected chi connectivity index (χ3v) is 7.23. The third kappa shape index (κ3) is 6.70. The van der Waals surface area contributed by atoms with E-state index >= 15 is 0 Å². The van der Waals surface area contributed by atoms with Crippen LogP contribution in [-0.2, 0) is 16.1 Å². The lowest BCUT2D eigenvalue weighted by Crippen LogP contribution is -2.39. The zero-order valence-corrected chi connectivity index (χ0v) is 22.4. The number of carbonyl (C=O) groups excluding carboxylic acids is 1. The van der Waals surface area contributed by atoms with Gasteiger partial charge in [-0.15, -0.1) is 0 Å². The van der Waals surface area contributed by atoms with Gasteiger partial charge < -0.3 is 10.4 Å². The maximum absolute atomic E-state index is 13.5. The second-order valence-corrected chi connectivity index (χ2v) is 10.2. The smallest absolute Gasteiger partial charge is 0.328 e. The van der Waals surface area contributed by atoms with E-state index in [1.54, 1.807) is 24.3 Å². The van der Waals surface area contributed by atoms with Crippen molar-refractivity contribution in [3.05, 3.63) is 98.5 Å². The van der Waals surface area contributed by atoms with Crippen LogP contribution in [0.15, 0.2) is 71.7 Å². The van der Waals surface area contributed by atoms with E-state index in [4.69, 9.17) is 34.8 Å². The molecule has 0 aromatic heterocycles. The van der Waals surface area contributed by atoms with Gasteiger partial charge in [0.15, 0.2) is 0 Å². The van der Waals surface area contributed by atoms with E-state index in [9.17, 15) is 14.7 Å². The van der Waals surface area contributed by atoms with Crippen LogP contribution in [-0.4, -0.2) is 46.2 Å². The molecule has 0 unspecified atom stereocenters. The predicted octanol–water partition coefficient (Wildman–Crippen LogP) is 6.56. The summed E-state index contributed by atoms with van der Waals surface area (Å²) in [5.41, 5.74) is 3.19. The summed E-state index contributed by atoms with van der Waals surface area (Å²) in [6.07, 6.45) is 1.60. The van der Waals surface area contributed by atoms with Crippen LogP contribution < -0.4 is 5.32 Å². The fourth-order valence-electron chi connectivity index (χ4n) is 4.37. The van der Waals surface area contributed by atoms with Gasteiger partial charge in [-0.1, -0.05) is 71.2 Å². The molecular weight excluding hydrogens is 533 g/mol. The molecule has 4 rings (SSSR count). The molecule has 3 aromatic carbocycles. The minimum absolute atomic E-state index is 0.153. The quantitative estimate of drug-likeness (QED) is 0.307. The van der Waals surface area contributed by atoms with Gasteiger partial charge in [-0.3, -0.25) is 14.7 Å². The molecule has 6 nitrogen and oxygen atoms in total. The highest BCUT2D eigenvalue weighted by Gasteiger charge is 2.31. The summed E-state index contributed by atoms with van der Waals surface area (Å²) in [5.74, 6) is -1.20. The van der Waals surface area contributed by atoms with Gasteiger partial charge >= 0.3 is 5.97 Å². The van der Waals surface area contributed by atoms with Gasteiger partial charge in [-0.2, -0.15) is 0 Å². The lowest BCUT2D eigenvalue weighted by molar-refractivity contribution is -0.138. The van der Waals surface area contributed by atoms with Crippen LogP contribution in [0.4, 0.5) is 5.69 Å². The fourth-order valence-corrected chi connectivity index (χ4v) is 4.86. The summed E-state index contributed by atoms with van der Waals surface area (Å²) in [5, 5.41) is 14.0. The molecule has 0 bridgehead atoms. The van der Waals surface area contributed by atoms with E-state index in [2.05, 4.69) is 15.2 Å². The highest BCUT2D eigenvalue weighted by Crippen LogP contribution is 2.29. The number of carboxylic acids is 1. The number of halogens is 3. The SMILES string of the molecule is C[C@@H](N=C(c1ccccc1)c1cc(Cl)ccc1NC(=O)[C@@H]1CCCN1Cc1ccc(Cl)c(Cl)c1)C(=O)O. The van der Waals surface area contributed by atoms with E-state index in [1.807, 2.05) is 42.5 Å². The zero-order chi connectivity index (χ0) is 26.5. The monoisotopic (exact) mass is 557 g/mol. The molecule has 2 atom stereocenters. The maximum Gasteiger partial charge on any atom is 0.328 e. The first-order chi connectivity index (χ1) is 17.7. The summed E-state index contributed by atoms with van der Waals surface area (Å²) >= 11 is 18.6. The number of likely N-dealkylation sites (tertiary alicyclic amines) is 1. The molecule has 0 aliphatic carbocycles. The number of rotatable bonds is 8. The summed E-state index contributed by atoms with van der Waals surface area (Å²) in [6.45, 7) is 2.85. The zero-order valence-electron chi connectivity index (χ0n) is 20.1. The number of hydrogen-bond donors (Lipinski definition) is 2. The average Bonchev–Trinajstić information content (AvgIpc) is 3.34. The van der Waals surface area contributed by atoms with Gasteiger partial charge in [0.1, 0.15) is 6.04 Å². The van der Waals surface area contributed by atoms with Crippen LogP contribution in [0.3, 0.4) is 0 Å². The second-order valence-electron chi connectivity index (χ2n) is 8.91. The van der Waals surface area contributed by atoms with Crippen molar-refractivity contribution in [2.45, 2.75) is 38.4 Å². The molecule has 192 valence electrons. The predicted molar refractivity (Wildman–Crippen MR) is 149 cm³/mol. The number of hydrogen-bond acceptors (Lipinski definition) is 4. The average molecular weight is 559 g/mol. The van der Waals surface area contributed by atoms with E-state index in [0.29, 0.717) is 45.0 Å². The molecule has 37 heavy (non-hydrogen) atoms. The van der Waals surface area contributed by atoms with Gasteiger partial charge in [0.2, 0.25) is 5.91 Å². The molecule has 3 aromatic rings. The van der Waals surface area contributed by atoms with Crippen LogP contribution in [0.5, 0.6) is 0 Å². The van der Waals surface area contributed by atoms with E-state index in [0.717, 1.165) is 24.1 Å². The van der Waals surface area contributed by atoms with Crippen molar-refractivity contribution in [2.75, 3.05) is 11.9 Å². The Morgan fingerprint density at radius 1 is 1.05 bits per heavy atom. The van der Waals surface area contributed by atoms with Crippen molar-refractivity contribution >= 4 is 58.1 Å². The second kappa shape index (κ2) is 12.1. The van der Waals surface area contributed by atoms with Crippen LogP contribution >= 0.6 is 34.8 Å². The number of aliphatic imine (C=N–C) groups is 1. The summed E-state index contributed by atoms with van der Waals surface area (Å²) < 4.78 is 0. The molecular formula is C28H26Cl3N3O3. The Morgan fingerprint density at radius 2 is 1.81 bits per heavy atom. The Balaban J connectivity index is 1.63. The Morgan fingerprint density at radius 3 is 2.51 bits per heavy atom. The topological polar surface area (TPSA) is 82.0 Å². The van der Waals surface area contributed by atoms with Crippen molar-refractivity contribution < 1.29 is 14.7 Å². The number of carboxylic acid groups (broad SMARTS) is 1. The molecule has 1 saturated heterocycles. The summed E-state index contributed by atoms with van der Waals surface area (Å²) in [4.78, 5) is 31.7. The van der Waals surface area contributed by atoms with Gasteiger partial charge in [-0.05, 0) is 62.2 Å². The molecule has 9 heteroatoms. The Kier molecular flexibility index (Phi) is 8.87. The molecule has 0 radical (unpaired) electrons. The van der Waals surface area contributed by atoms with E-state index in [1.165, 1.54) is 6.92 Å². The molecule has 0 spiro atoms. The van der Waals surface area contributed by atoms with Crippen molar-refractivity contribution in [2.24, 2.45) is 4.99 Å². The molecule has 1 fully saturated rings. The Labute approximate surface area is 230 Å². The van der Waals surface area contributed by atoms with Gasteiger partial charge in [0.25, 0.3) is 0 Å². The first kappa shape index (κ1) is 27.1. The van der Waals surface area contributed by atoms with E-state index in [-0.39, 0.29) is 11.9 Å². The van der Waals surface area contributed by atoms with Crippen molar-refractivity contribution in [3.63, 3.8) is 0 Å². The summed E-state index contributed by atoms with van der Waals surface area (Å²) in [6, 6.07) is 18.5. The third-order valence-electron chi connectivity index (χ3n) is 6.26. The summed E-state index contributed by atoms with van der Waals surface area (Å²) in [7, 11) is 0. The number of benzene rings is 3. The number of nitrogens with zero attached hydrogens (tertiary/aromatic N) is 2. The minimum Gasteiger partial charge on any atom is -0.480 e. The molecule has 0 saturated carbocycles. The van der Waals surface area contributed by atoms with Gasteiger partial charge in [0, 0.05) is 22.7 Å². The molecule has 1 amide bonds. The van der Waals surface area contributed by atoms with Gasteiger partial charge in [0.05, 0.1) is 27.5 Å². The number of anilines is 1. The molecule has 1 heterocycles. The molecule has 2 N–H and O–H groups in total. The molecule has 1 aliphatic heterocycles. The lowest BCUT2D eigenvalue weighted by atomic mass is 9.99. The normalized spacial score (nSPS) is 17.0. The largest absolute Gasteiger partial charge is 0.480 e. The standard InChI is InChI=1S/C28H26Cl3N3O3/c1-17(28(36)37)32-26(19-6-3-2-4-7-19)21-15-20(29)10-12-24(21)33-27(35)25-8-5-13-34(25)16-18-9-11-22(30)23(31)14-18/h2-4,6-7,9-12,14-15,17,25H,5,8,13,16H2,1H3,(H,33,35)(H,36,37)/t17-,25+/m1/s1. The number of nitrogens with one attached hydrogen (secondary N) is 1. The highest BCUT2D eigenvalue weighted by atomic mass is 35.5. The minimum atomic E-state index is -1.05. The maximum atomic E-state index is 13.5. The van der Waals surface area contributed by atoms with Crippen molar-refractivity contribution in [1.82, 2.24) is 4.90 Å². The number of aliphatic carboxylic acids is 1. The molecule has 1 aliphatic rings. The number of amides is 1. The van der Waals surface area contributed by atoms with Crippen LogP contribution in [0.1, 0.15) is 36.5 Å². The van der Waals surface area contributed by atoms with E-state index < -0.39 is 12.0 Å². The first-order valence-corrected chi connectivity index (χ1v) is 13.0. The fraction of sp³-hybridized carbons (Fsp3) is 0.250. The van der Waals surface area contributed by atoms with Crippen LogP contribution in [0.2, 0.25) is 15.1 Å².